The highest BCUT2D eigenvalue weighted by atomic mass is 16.2. The predicted molar refractivity (Wildman–Crippen MR) is 93.3 cm³/mol. The molecule has 1 amide bonds. The Balaban J connectivity index is 1.57. The molecule has 24 heavy (non-hydrogen) atoms. The molecule has 3 heterocycles. The van der Waals surface area contributed by atoms with E-state index in [-0.39, 0.29) is 17.4 Å². The minimum absolute atomic E-state index is 0.0372. The third-order valence-corrected chi connectivity index (χ3v) is 5.32. The summed E-state index contributed by atoms with van der Waals surface area (Å²) in [6.45, 7) is 4.21. The number of piperidine rings is 1. The first kappa shape index (κ1) is 15.4. The van der Waals surface area contributed by atoms with E-state index < -0.39 is 0 Å². The Morgan fingerprint density at radius 1 is 1.29 bits per heavy atom. The van der Waals surface area contributed by atoms with Gasteiger partial charge in [0, 0.05) is 24.5 Å². The normalized spacial score (nSPS) is 20.3. The summed E-state index contributed by atoms with van der Waals surface area (Å²) in [4.78, 5) is 18.7. The quantitative estimate of drug-likeness (QED) is 0.893. The summed E-state index contributed by atoms with van der Waals surface area (Å²) in [6.07, 6.45) is 4.12. The maximum absolute atomic E-state index is 11.9. The summed E-state index contributed by atoms with van der Waals surface area (Å²) in [6, 6.07) is 5.98. The summed E-state index contributed by atoms with van der Waals surface area (Å²) in [5.74, 6) is 1.62. The highest BCUT2D eigenvalue weighted by Crippen LogP contribution is 2.30. The van der Waals surface area contributed by atoms with Gasteiger partial charge in [-0.3, -0.25) is 10.1 Å². The Morgan fingerprint density at radius 2 is 2.04 bits per heavy atom. The van der Waals surface area contributed by atoms with E-state index in [1.165, 1.54) is 0 Å². The fraction of sp³-hybridized carbons (Fsp3) is 0.588. The molecule has 2 N–H and O–H groups in total. The van der Waals surface area contributed by atoms with Crippen molar-refractivity contribution in [2.24, 2.45) is 5.92 Å². The first-order valence-electron chi connectivity index (χ1n) is 8.68. The second-order valence-corrected chi connectivity index (χ2v) is 7.15. The van der Waals surface area contributed by atoms with Gasteiger partial charge in [-0.15, -0.1) is 5.10 Å². The van der Waals surface area contributed by atoms with Gasteiger partial charge < -0.3 is 10.2 Å². The zero-order valence-corrected chi connectivity index (χ0v) is 14.2. The maximum Gasteiger partial charge on any atom is 0.249 e. The number of aromatic nitrogens is 3. The molecule has 0 radical (unpaired) electrons. The van der Waals surface area contributed by atoms with Gasteiger partial charge in [0.2, 0.25) is 11.9 Å². The summed E-state index contributed by atoms with van der Waals surface area (Å²) in [5, 5.41) is 10.8. The number of pyridine rings is 1. The van der Waals surface area contributed by atoms with Gasteiger partial charge in [-0.1, -0.05) is 6.07 Å². The molecule has 0 atom stereocenters. The molecule has 4 rings (SSSR count). The third kappa shape index (κ3) is 2.84. The number of rotatable bonds is 4. The number of amides is 1. The number of anilines is 2. The van der Waals surface area contributed by atoms with Gasteiger partial charge in [-0.25, -0.2) is 0 Å². The van der Waals surface area contributed by atoms with Crippen LogP contribution in [0.25, 0.3) is 5.65 Å². The van der Waals surface area contributed by atoms with Crippen molar-refractivity contribution in [3.8, 4) is 0 Å². The molecular formula is C17H24N6O. The van der Waals surface area contributed by atoms with E-state index in [1.807, 2.05) is 23.7 Å². The van der Waals surface area contributed by atoms with Crippen LogP contribution in [0, 0.1) is 5.92 Å². The van der Waals surface area contributed by atoms with Crippen LogP contribution >= 0.6 is 0 Å². The number of nitrogens with one attached hydrogen (secondary N) is 2. The number of hydrogen-bond donors (Lipinski definition) is 2. The molecule has 1 saturated heterocycles. The summed E-state index contributed by atoms with van der Waals surface area (Å²) in [5.41, 5.74) is 0.969. The predicted octanol–water partition coefficient (Wildman–Crippen LogP) is 1.66. The topological polar surface area (TPSA) is 74.6 Å². The lowest BCUT2D eigenvalue weighted by atomic mass is 9.90. The first-order chi connectivity index (χ1) is 11.6. The van der Waals surface area contributed by atoms with Gasteiger partial charge in [-0.2, -0.15) is 9.50 Å². The van der Waals surface area contributed by atoms with Crippen molar-refractivity contribution >= 4 is 23.3 Å². The van der Waals surface area contributed by atoms with Crippen LogP contribution in [0.2, 0.25) is 0 Å². The lowest BCUT2D eigenvalue weighted by molar-refractivity contribution is -0.117. The molecule has 0 bridgehead atoms. The van der Waals surface area contributed by atoms with Crippen LogP contribution in [0.15, 0.2) is 18.2 Å². The fourth-order valence-corrected chi connectivity index (χ4v) is 3.22. The molecule has 2 aromatic rings. The standard InChI is InChI=1S/C17H24N6O/c1-17(18-2)8-10-22(11-9-17)14-5-3-4-13-19-16(21-23(13)14)20-15(24)12-6-7-12/h3-5,12,18H,6-11H2,1-2H3,(H,20,21,24). The lowest BCUT2D eigenvalue weighted by Gasteiger charge is -2.40. The second-order valence-electron chi connectivity index (χ2n) is 7.15. The molecule has 2 aliphatic rings. The SMILES string of the molecule is CNC1(C)CCN(c2cccc3nc(NC(=O)C4CC4)nn23)CC1. The van der Waals surface area contributed by atoms with Gasteiger partial charge in [0.25, 0.3) is 0 Å². The molecule has 2 fully saturated rings. The van der Waals surface area contributed by atoms with Crippen molar-refractivity contribution < 1.29 is 4.79 Å². The van der Waals surface area contributed by atoms with Crippen molar-refractivity contribution in [2.75, 3.05) is 30.4 Å². The van der Waals surface area contributed by atoms with Crippen molar-refractivity contribution in [1.29, 1.82) is 0 Å². The molecule has 1 aliphatic heterocycles. The molecule has 128 valence electrons. The molecule has 0 spiro atoms. The average molecular weight is 328 g/mol. The van der Waals surface area contributed by atoms with Crippen molar-refractivity contribution in [1.82, 2.24) is 19.9 Å². The van der Waals surface area contributed by atoms with Crippen LogP contribution in [0.3, 0.4) is 0 Å². The fourth-order valence-electron chi connectivity index (χ4n) is 3.22. The first-order valence-corrected chi connectivity index (χ1v) is 8.68. The van der Waals surface area contributed by atoms with Gasteiger partial charge in [-0.05, 0) is 51.8 Å². The Labute approximate surface area is 141 Å². The van der Waals surface area contributed by atoms with Crippen LogP contribution in [-0.2, 0) is 4.79 Å². The lowest BCUT2D eigenvalue weighted by Crippen LogP contribution is -2.50. The number of carbonyl (C=O) groups excluding carboxylic acids is 1. The van der Waals surface area contributed by atoms with E-state index >= 15 is 0 Å². The summed E-state index contributed by atoms with van der Waals surface area (Å²) >= 11 is 0. The van der Waals surface area contributed by atoms with E-state index in [2.05, 4.69) is 38.6 Å². The van der Waals surface area contributed by atoms with Crippen LogP contribution in [-0.4, -0.2) is 46.2 Å². The van der Waals surface area contributed by atoms with Gasteiger partial charge in [0.05, 0.1) is 0 Å². The van der Waals surface area contributed by atoms with Crippen LogP contribution < -0.4 is 15.5 Å². The van der Waals surface area contributed by atoms with Crippen molar-refractivity contribution in [2.45, 2.75) is 38.1 Å². The third-order valence-electron chi connectivity index (χ3n) is 5.32. The van der Waals surface area contributed by atoms with Crippen molar-refractivity contribution in [3.63, 3.8) is 0 Å². The highest BCUT2D eigenvalue weighted by Gasteiger charge is 2.31. The summed E-state index contributed by atoms with van der Waals surface area (Å²) in [7, 11) is 2.03. The highest BCUT2D eigenvalue weighted by molar-refractivity contribution is 5.92. The monoisotopic (exact) mass is 328 g/mol. The second kappa shape index (κ2) is 5.73. The number of fused-ring (bicyclic) bond motifs is 1. The molecule has 0 unspecified atom stereocenters. The average Bonchev–Trinajstić information content (AvgIpc) is 3.36. The number of hydrogen-bond acceptors (Lipinski definition) is 5. The molecule has 2 aromatic heterocycles. The maximum atomic E-state index is 11.9. The zero-order chi connectivity index (χ0) is 16.7. The number of nitrogens with zero attached hydrogens (tertiary/aromatic N) is 4. The summed E-state index contributed by atoms with van der Waals surface area (Å²) < 4.78 is 1.84. The number of carbonyl (C=O) groups is 1. The molecule has 0 aromatic carbocycles. The Hall–Kier alpha value is -2.15. The van der Waals surface area contributed by atoms with Crippen LogP contribution in [0.1, 0.15) is 32.6 Å². The minimum Gasteiger partial charge on any atom is -0.356 e. The molecular weight excluding hydrogens is 304 g/mol. The molecule has 7 nitrogen and oxygen atoms in total. The van der Waals surface area contributed by atoms with E-state index in [0.29, 0.717) is 5.95 Å². The van der Waals surface area contributed by atoms with E-state index in [4.69, 9.17) is 0 Å². The van der Waals surface area contributed by atoms with Crippen LogP contribution in [0.5, 0.6) is 0 Å². The smallest absolute Gasteiger partial charge is 0.249 e. The van der Waals surface area contributed by atoms with E-state index in [0.717, 1.165) is 50.2 Å². The minimum atomic E-state index is 0.0372. The van der Waals surface area contributed by atoms with Gasteiger partial charge in [0.15, 0.2) is 5.65 Å². The van der Waals surface area contributed by atoms with Gasteiger partial charge >= 0.3 is 0 Å². The van der Waals surface area contributed by atoms with E-state index in [1.54, 1.807) is 0 Å². The van der Waals surface area contributed by atoms with Crippen LogP contribution in [0.4, 0.5) is 11.8 Å². The molecule has 1 saturated carbocycles. The largest absolute Gasteiger partial charge is 0.356 e. The molecule has 7 heteroatoms. The Bertz CT molecular complexity index is 758. The molecule has 1 aliphatic carbocycles. The Kier molecular flexibility index (Phi) is 3.68. The van der Waals surface area contributed by atoms with E-state index in [9.17, 15) is 4.79 Å². The van der Waals surface area contributed by atoms with Gasteiger partial charge in [0.1, 0.15) is 5.82 Å². The van der Waals surface area contributed by atoms with Crippen molar-refractivity contribution in [3.05, 3.63) is 18.2 Å². The Morgan fingerprint density at radius 3 is 2.71 bits per heavy atom. The zero-order valence-electron chi connectivity index (χ0n) is 14.2.